The molecule has 1 aliphatic rings. The van der Waals surface area contributed by atoms with Crippen LogP contribution >= 0.6 is 11.3 Å². The molecule has 3 heterocycles. The van der Waals surface area contributed by atoms with E-state index in [0.29, 0.717) is 31.3 Å². The highest BCUT2D eigenvalue weighted by molar-refractivity contribution is 7.11. The van der Waals surface area contributed by atoms with Gasteiger partial charge in [0.15, 0.2) is 5.82 Å². The van der Waals surface area contributed by atoms with Crippen LogP contribution in [0.1, 0.15) is 41.5 Å². The van der Waals surface area contributed by atoms with Gasteiger partial charge in [-0.05, 0) is 20.3 Å². The van der Waals surface area contributed by atoms with Crippen molar-refractivity contribution in [2.45, 2.75) is 39.8 Å². The predicted octanol–water partition coefficient (Wildman–Crippen LogP) is 1.99. The van der Waals surface area contributed by atoms with Crippen molar-refractivity contribution in [1.29, 1.82) is 0 Å². The Labute approximate surface area is 151 Å². The molecule has 2 aromatic heterocycles. The second-order valence-corrected chi connectivity index (χ2v) is 7.31. The summed E-state index contributed by atoms with van der Waals surface area (Å²) in [4.78, 5) is 26.3. The number of hydrogen-bond acceptors (Lipinski definition) is 7. The molecule has 3 rings (SSSR count). The van der Waals surface area contributed by atoms with Crippen LogP contribution < -0.4 is 5.32 Å². The number of thiazole rings is 1. The molecule has 9 heteroatoms. The van der Waals surface area contributed by atoms with Crippen molar-refractivity contribution < 1.29 is 9.32 Å². The maximum atomic E-state index is 12.3. The summed E-state index contributed by atoms with van der Waals surface area (Å²) >= 11 is 1.65. The number of rotatable bonds is 5. The van der Waals surface area contributed by atoms with E-state index in [-0.39, 0.29) is 12.1 Å². The number of carbonyl (C=O) groups excluding carboxylic acids is 1. The van der Waals surface area contributed by atoms with Crippen LogP contribution in [-0.2, 0) is 13.0 Å². The van der Waals surface area contributed by atoms with Crippen LogP contribution in [0.25, 0.3) is 0 Å². The Morgan fingerprint density at radius 2 is 2.16 bits per heavy atom. The van der Waals surface area contributed by atoms with Crippen molar-refractivity contribution in [3.05, 3.63) is 27.8 Å². The van der Waals surface area contributed by atoms with Crippen molar-refractivity contribution in [3.8, 4) is 0 Å². The highest BCUT2D eigenvalue weighted by Gasteiger charge is 2.27. The van der Waals surface area contributed by atoms with Gasteiger partial charge in [0.1, 0.15) is 5.01 Å². The molecule has 1 fully saturated rings. The molecular formula is C16H24N6O2S. The highest BCUT2D eigenvalue weighted by atomic mass is 32.1. The Balaban J connectivity index is 1.45. The quantitative estimate of drug-likeness (QED) is 0.873. The molecule has 1 unspecified atom stereocenters. The first kappa shape index (κ1) is 17.8. The molecule has 0 radical (unpaired) electrons. The number of urea groups is 1. The molecule has 25 heavy (non-hydrogen) atoms. The molecule has 0 aliphatic carbocycles. The molecule has 0 spiro atoms. The lowest BCUT2D eigenvalue weighted by Gasteiger charge is -2.36. The average Bonchev–Trinajstić information content (AvgIpc) is 3.28. The van der Waals surface area contributed by atoms with Gasteiger partial charge in [-0.3, -0.25) is 4.90 Å². The second-order valence-electron chi connectivity index (χ2n) is 6.11. The molecule has 0 saturated carbocycles. The summed E-state index contributed by atoms with van der Waals surface area (Å²) in [6.45, 7) is 9.39. The van der Waals surface area contributed by atoms with Crippen molar-refractivity contribution >= 4 is 17.4 Å². The Hall–Kier alpha value is -2.00. The van der Waals surface area contributed by atoms with Gasteiger partial charge in [0, 0.05) is 37.3 Å². The zero-order chi connectivity index (χ0) is 17.8. The fraction of sp³-hybridized carbons (Fsp3) is 0.625. The van der Waals surface area contributed by atoms with Crippen molar-refractivity contribution in [2.75, 3.05) is 26.2 Å². The number of carbonyl (C=O) groups is 1. The van der Waals surface area contributed by atoms with E-state index < -0.39 is 0 Å². The number of aromatic nitrogens is 3. The molecule has 1 saturated heterocycles. The van der Waals surface area contributed by atoms with Gasteiger partial charge in [0.25, 0.3) is 0 Å². The smallest absolute Gasteiger partial charge is 0.317 e. The molecular weight excluding hydrogens is 340 g/mol. The van der Waals surface area contributed by atoms with Crippen LogP contribution in [-0.4, -0.2) is 57.1 Å². The fourth-order valence-electron chi connectivity index (χ4n) is 2.81. The van der Waals surface area contributed by atoms with Gasteiger partial charge in [-0.25, -0.2) is 9.78 Å². The van der Waals surface area contributed by atoms with Gasteiger partial charge in [0.05, 0.1) is 12.6 Å². The van der Waals surface area contributed by atoms with Crippen LogP contribution in [0.3, 0.4) is 0 Å². The number of amides is 2. The van der Waals surface area contributed by atoms with Crippen LogP contribution in [0.4, 0.5) is 4.79 Å². The zero-order valence-corrected chi connectivity index (χ0v) is 15.7. The number of nitrogens with zero attached hydrogens (tertiary/aromatic N) is 5. The minimum Gasteiger partial charge on any atom is -0.338 e. The molecule has 1 atom stereocenters. The summed E-state index contributed by atoms with van der Waals surface area (Å²) in [5.74, 6) is 1.28. The van der Waals surface area contributed by atoms with E-state index in [0.717, 1.165) is 24.5 Å². The third-order valence-corrected chi connectivity index (χ3v) is 5.53. The Morgan fingerprint density at radius 1 is 1.40 bits per heavy atom. The molecule has 1 aliphatic heterocycles. The lowest BCUT2D eigenvalue weighted by Crippen LogP contribution is -2.52. The molecule has 1 N–H and O–H groups in total. The standard InChI is InChI=1S/C16H24N6O2S/c1-4-13-9-17-14(25-13)10-18-16(23)22-7-5-21(6-8-22)11(2)15-19-12(3)20-24-15/h9,11H,4-8,10H2,1-3H3,(H,18,23). The molecule has 2 amide bonds. The first-order valence-electron chi connectivity index (χ1n) is 8.57. The summed E-state index contributed by atoms with van der Waals surface area (Å²) in [6.07, 6.45) is 2.86. The van der Waals surface area contributed by atoms with Crippen LogP contribution in [0.15, 0.2) is 10.7 Å². The fourth-order valence-corrected chi connectivity index (χ4v) is 3.61. The zero-order valence-electron chi connectivity index (χ0n) is 14.9. The number of hydrogen-bond donors (Lipinski definition) is 1. The Morgan fingerprint density at radius 3 is 2.76 bits per heavy atom. The normalized spacial score (nSPS) is 16.8. The van der Waals surface area contributed by atoms with Gasteiger partial charge in [0.2, 0.25) is 5.89 Å². The minimum absolute atomic E-state index is 0.0332. The van der Waals surface area contributed by atoms with Gasteiger partial charge >= 0.3 is 6.03 Å². The molecule has 136 valence electrons. The minimum atomic E-state index is -0.0332. The third-order valence-electron chi connectivity index (χ3n) is 4.39. The summed E-state index contributed by atoms with van der Waals surface area (Å²) in [5.41, 5.74) is 0. The predicted molar refractivity (Wildman–Crippen MR) is 94.3 cm³/mol. The maximum Gasteiger partial charge on any atom is 0.317 e. The first-order chi connectivity index (χ1) is 12.1. The Kier molecular flexibility index (Phi) is 5.64. The summed E-state index contributed by atoms with van der Waals surface area (Å²) in [7, 11) is 0. The lowest BCUT2D eigenvalue weighted by atomic mass is 10.2. The SMILES string of the molecule is CCc1cnc(CNC(=O)N2CCN(C(C)c3nc(C)no3)CC2)s1. The van der Waals surface area contributed by atoms with Crippen molar-refractivity contribution in [1.82, 2.24) is 30.2 Å². The highest BCUT2D eigenvalue weighted by Crippen LogP contribution is 2.20. The van der Waals surface area contributed by atoms with E-state index in [1.54, 1.807) is 11.3 Å². The largest absolute Gasteiger partial charge is 0.338 e. The summed E-state index contributed by atoms with van der Waals surface area (Å²) in [6, 6.07) is 0.0309. The average molecular weight is 364 g/mol. The van der Waals surface area contributed by atoms with E-state index in [9.17, 15) is 4.79 Å². The number of piperazine rings is 1. The molecule has 2 aromatic rings. The van der Waals surface area contributed by atoms with Gasteiger partial charge < -0.3 is 14.7 Å². The molecule has 0 bridgehead atoms. The van der Waals surface area contributed by atoms with Gasteiger partial charge in [-0.1, -0.05) is 12.1 Å². The monoisotopic (exact) mass is 364 g/mol. The molecule has 8 nitrogen and oxygen atoms in total. The Bertz CT molecular complexity index is 707. The van der Waals surface area contributed by atoms with E-state index in [2.05, 4.69) is 39.2 Å². The number of nitrogens with one attached hydrogen (secondary N) is 1. The van der Waals surface area contributed by atoms with Crippen LogP contribution in [0.2, 0.25) is 0 Å². The first-order valence-corrected chi connectivity index (χ1v) is 9.39. The van der Waals surface area contributed by atoms with E-state index in [1.165, 1.54) is 4.88 Å². The third kappa shape index (κ3) is 4.35. The van der Waals surface area contributed by atoms with E-state index in [4.69, 9.17) is 4.52 Å². The van der Waals surface area contributed by atoms with Crippen molar-refractivity contribution in [2.24, 2.45) is 0 Å². The topological polar surface area (TPSA) is 87.4 Å². The van der Waals surface area contributed by atoms with Gasteiger partial charge in [-0.2, -0.15) is 4.98 Å². The number of aryl methyl sites for hydroxylation is 2. The summed E-state index contributed by atoms with van der Waals surface area (Å²) < 4.78 is 5.25. The van der Waals surface area contributed by atoms with E-state index >= 15 is 0 Å². The van der Waals surface area contributed by atoms with Crippen molar-refractivity contribution in [3.63, 3.8) is 0 Å². The maximum absolute atomic E-state index is 12.3. The van der Waals surface area contributed by atoms with Crippen LogP contribution in [0.5, 0.6) is 0 Å². The summed E-state index contributed by atoms with van der Waals surface area (Å²) in [5, 5.41) is 7.75. The van der Waals surface area contributed by atoms with Gasteiger partial charge in [-0.15, -0.1) is 11.3 Å². The molecule has 0 aromatic carbocycles. The second kappa shape index (κ2) is 7.92. The van der Waals surface area contributed by atoms with E-state index in [1.807, 2.05) is 18.0 Å². The lowest BCUT2D eigenvalue weighted by molar-refractivity contribution is 0.0999. The van der Waals surface area contributed by atoms with Crippen LogP contribution in [0, 0.1) is 6.92 Å².